The molecule has 0 aliphatic carbocycles. The first-order valence-electron chi connectivity index (χ1n) is 8.30. The Hall–Kier alpha value is -1.99. The van der Waals surface area contributed by atoms with Gasteiger partial charge in [-0.25, -0.2) is 0 Å². The summed E-state index contributed by atoms with van der Waals surface area (Å²) >= 11 is 5.68. The predicted octanol–water partition coefficient (Wildman–Crippen LogP) is 3.56. The van der Waals surface area contributed by atoms with Crippen molar-refractivity contribution >= 4 is 27.6 Å². The highest BCUT2D eigenvalue weighted by Gasteiger charge is 2.16. The number of hydrogen-bond donors (Lipinski definition) is 0. The molecule has 1 aromatic heterocycles. The van der Waals surface area contributed by atoms with E-state index in [9.17, 15) is 13.2 Å². The Morgan fingerprint density at radius 2 is 1.92 bits per heavy atom. The van der Waals surface area contributed by atoms with Crippen LogP contribution >= 0.6 is 11.6 Å². The van der Waals surface area contributed by atoms with Gasteiger partial charge in [0.2, 0.25) is 5.91 Å². The van der Waals surface area contributed by atoms with E-state index >= 15 is 0 Å². The molecule has 0 radical (unpaired) electrons. The van der Waals surface area contributed by atoms with Crippen molar-refractivity contribution in [3.05, 3.63) is 54.0 Å². The van der Waals surface area contributed by atoms with Gasteiger partial charge in [0.05, 0.1) is 18.6 Å². The highest BCUT2D eigenvalue weighted by molar-refractivity contribution is 7.87. The van der Waals surface area contributed by atoms with Crippen molar-refractivity contribution in [2.75, 3.05) is 11.6 Å². The minimum absolute atomic E-state index is 0.0177. The van der Waals surface area contributed by atoms with Crippen LogP contribution in [-0.2, 0) is 28.0 Å². The van der Waals surface area contributed by atoms with Crippen molar-refractivity contribution in [3.63, 3.8) is 0 Å². The molecule has 6 nitrogen and oxygen atoms in total. The quantitative estimate of drug-likeness (QED) is 0.451. The molecule has 1 aromatic carbocycles. The number of rotatable bonds is 10. The summed E-state index contributed by atoms with van der Waals surface area (Å²) < 4.78 is 33.3. The Balaban J connectivity index is 2.07. The minimum Gasteiger partial charge on any atom is -0.467 e. The Morgan fingerprint density at radius 3 is 2.50 bits per heavy atom. The fourth-order valence-corrected chi connectivity index (χ4v) is 2.93. The maximum atomic E-state index is 12.4. The van der Waals surface area contributed by atoms with E-state index in [1.165, 1.54) is 6.92 Å². The third kappa shape index (κ3) is 6.38. The van der Waals surface area contributed by atoms with Crippen LogP contribution in [0.5, 0.6) is 5.75 Å². The molecular weight excluding hydrogens is 378 g/mol. The van der Waals surface area contributed by atoms with Crippen molar-refractivity contribution in [3.8, 4) is 5.75 Å². The normalized spacial score (nSPS) is 11.3. The molecule has 1 amide bonds. The number of benzene rings is 1. The second-order valence-electron chi connectivity index (χ2n) is 5.70. The largest absolute Gasteiger partial charge is 0.467 e. The van der Waals surface area contributed by atoms with Crippen LogP contribution in [0.15, 0.2) is 47.1 Å². The summed E-state index contributed by atoms with van der Waals surface area (Å²) in [6.45, 7) is 2.25. The van der Waals surface area contributed by atoms with Gasteiger partial charge in [0.15, 0.2) is 0 Å². The van der Waals surface area contributed by atoms with Crippen molar-refractivity contribution in [1.82, 2.24) is 4.90 Å². The van der Waals surface area contributed by atoms with Gasteiger partial charge in [-0.3, -0.25) is 4.79 Å². The first-order chi connectivity index (χ1) is 12.4. The third-order valence-corrected chi connectivity index (χ3v) is 5.10. The van der Waals surface area contributed by atoms with E-state index in [0.29, 0.717) is 37.6 Å². The number of alkyl halides is 1. The van der Waals surface area contributed by atoms with E-state index in [4.69, 9.17) is 20.2 Å². The molecule has 2 rings (SSSR count). The van der Waals surface area contributed by atoms with Gasteiger partial charge in [-0.1, -0.05) is 12.1 Å². The molecule has 0 atom stereocenters. The molecule has 0 aliphatic rings. The first kappa shape index (κ1) is 20.3. The van der Waals surface area contributed by atoms with Crippen LogP contribution in [0, 0.1) is 0 Å². The molecule has 0 unspecified atom stereocenters. The van der Waals surface area contributed by atoms with Gasteiger partial charge >= 0.3 is 10.1 Å². The molecule has 1 heterocycles. The minimum atomic E-state index is -3.56. The SMILES string of the molecule is CCS(=O)(=O)Oc1ccc(CN(Cc2ccco2)C(=O)CCCCl)cc1. The number of furan rings is 1. The van der Waals surface area contributed by atoms with Gasteiger partial charge in [0.25, 0.3) is 0 Å². The summed E-state index contributed by atoms with van der Waals surface area (Å²) in [5.41, 5.74) is 0.858. The number of amides is 1. The highest BCUT2D eigenvalue weighted by atomic mass is 35.5. The average Bonchev–Trinajstić information content (AvgIpc) is 3.13. The molecule has 0 N–H and O–H groups in total. The van der Waals surface area contributed by atoms with E-state index < -0.39 is 10.1 Å². The Bertz CT molecular complexity index is 787. The van der Waals surface area contributed by atoms with E-state index in [1.807, 2.05) is 6.07 Å². The molecule has 0 aliphatic heterocycles. The van der Waals surface area contributed by atoms with E-state index in [2.05, 4.69) is 0 Å². The smallest absolute Gasteiger partial charge is 0.308 e. The van der Waals surface area contributed by atoms with Crippen LogP contribution in [0.2, 0.25) is 0 Å². The molecule has 2 aromatic rings. The Kier molecular flexibility index (Phi) is 7.53. The van der Waals surface area contributed by atoms with E-state index in [1.54, 1.807) is 41.5 Å². The van der Waals surface area contributed by atoms with Gasteiger partial charge in [-0.05, 0) is 43.2 Å². The molecule has 142 valence electrons. The number of halogens is 1. The lowest BCUT2D eigenvalue weighted by molar-refractivity contribution is -0.132. The third-order valence-electron chi connectivity index (χ3n) is 3.68. The predicted molar refractivity (Wildman–Crippen MR) is 99.4 cm³/mol. The van der Waals surface area contributed by atoms with Crippen molar-refractivity contribution in [2.45, 2.75) is 32.9 Å². The number of hydrogen-bond acceptors (Lipinski definition) is 5. The van der Waals surface area contributed by atoms with Gasteiger partial charge in [-0.15, -0.1) is 11.6 Å². The van der Waals surface area contributed by atoms with Crippen LogP contribution in [0.3, 0.4) is 0 Å². The summed E-state index contributed by atoms with van der Waals surface area (Å²) in [7, 11) is -3.56. The summed E-state index contributed by atoms with van der Waals surface area (Å²) in [6.07, 6.45) is 2.54. The Labute approximate surface area is 158 Å². The van der Waals surface area contributed by atoms with Crippen molar-refractivity contribution < 1.29 is 21.8 Å². The molecule has 8 heteroatoms. The molecule has 0 bridgehead atoms. The monoisotopic (exact) mass is 399 g/mol. The lowest BCUT2D eigenvalue weighted by Gasteiger charge is -2.22. The van der Waals surface area contributed by atoms with Crippen LogP contribution in [0.4, 0.5) is 0 Å². The van der Waals surface area contributed by atoms with Crippen LogP contribution in [0.1, 0.15) is 31.1 Å². The van der Waals surface area contributed by atoms with E-state index in [-0.39, 0.29) is 17.4 Å². The topological polar surface area (TPSA) is 76.8 Å². The second kappa shape index (κ2) is 9.64. The van der Waals surface area contributed by atoms with Gasteiger partial charge in [-0.2, -0.15) is 8.42 Å². The number of nitrogens with zero attached hydrogens (tertiary/aromatic N) is 1. The summed E-state index contributed by atoms with van der Waals surface area (Å²) in [4.78, 5) is 14.1. The second-order valence-corrected chi connectivity index (χ2v) is 7.93. The van der Waals surface area contributed by atoms with Gasteiger partial charge in [0.1, 0.15) is 11.5 Å². The molecule has 0 saturated carbocycles. The molecule has 0 saturated heterocycles. The van der Waals surface area contributed by atoms with Crippen LogP contribution in [-0.4, -0.2) is 30.9 Å². The number of carbonyl (C=O) groups excluding carboxylic acids is 1. The summed E-state index contributed by atoms with van der Waals surface area (Å²) in [5.74, 6) is 1.26. The molecule has 26 heavy (non-hydrogen) atoms. The fourth-order valence-electron chi connectivity index (χ4n) is 2.28. The summed E-state index contributed by atoms with van der Waals surface area (Å²) in [6, 6.07) is 10.2. The molecule has 0 fully saturated rings. The fraction of sp³-hybridized carbons (Fsp3) is 0.389. The molecule has 0 spiro atoms. The zero-order valence-electron chi connectivity index (χ0n) is 14.6. The molecular formula is C18H22ClNO5S. The summed E-state index contributed by atoms with van der Waals surface area (Å²) in [5, 5.41) is 0. The maximum Gasteiger partial charge on any atom is 0.308 e. The zero-order chi connectivity index (χ0) is 19.0. The standard InChI is InChI=1S/C18H22ClNO5S/c1-2-26(22,23)25-16-9-7-15(8-10-16)13-20(18(21)6-3-11-19)14-17-5-4-12-24-17/h4-5,7-10,12H,2-3,6,11,13-14H2,1H3. The maximum absolute atomic E-state index is 12.4. The average molecular weight is 400 g/mol. The highest BCUT2D eigenvalue weighted by Crippen LogP contribution is 2.18. The van der Waals surface area contributed by atoms with Crippen LogP contribution < -0.4 is 4.18 Å². The lowest BCUT2D eigenvalue weighted by atomic mass is 10.2. The first-order valence-corrected chi connectivity index (χ1v) is 10.4. The van der Waals surface area contributed by atoms with E-state index in [0.717, 1.165) is 5.56 Å². The van der Waals surface area contributed by atoms with Crippen molar-refractivity contribution in [1.29, 1.82) is 0 Å². The zero-order valence-corrected chi connectivity index (χ0v) is 16.1. The lowest BCUT2D eigenvalue weighted by Crippen LogP contribution is -2.29. The van der Waals surface area contributed by atoms with Crippen LogP contribution in [0.25, 0.3) is 0 Å². The number of carbonyl (C=O) groups is 1. The van der Waals surface area contributed by atoms with Gasteiger partial charge in [0, 0.05) is 18.8 Å². The van der Waals surface area contributed by atoms with Crippen molar-refractivity contribution in [2.24, 2.45) is 0 Å². The van der Waals surface area contributed by atoms with Gasteiger partial charge < -0.3 is 13.5 Å². The Morgan fingerprint density at radius 1 is 1.19 bits per heavy atom.